The van der Waals surface area contributed by atoms with Gasteiger partial charge in [-0.15, -0.1) is 0 Å². The summed E-state index contributed by atoms with van der Waals surface area (Å²) in [6, 6.07) is 3.06. The molecule has 0 saturated heterocycles. The molecule has 0 atom stereocenters. The molecule has 1 heterocycles. The summed E-state index contributed by atoms with van der Waals surface area (Å²) < 4.78 is 1.44. The number of rotatable bonds is 0. The van der Waals surface area contributed by atoms with Crippen molar-refractivity contribution >= 4 is 28.6 Å². The highest BCUT2D eigenvalue weighted by Gasteiger charge is 1.88. The number of hydrogen-bond donors (Lipinski definition) is 1. The van der Waals surface area contributed by atoms with Crippen LogP contribution in [0.15, 0.2) is 23.1 Å². The van der Waals surface area contributed by atoms with Gasteiger partial charge < -0.3 is 5.73 Å². The number of halogens is 1. The Kier molecular flexibility index (Phi) is 1.75. The van der Waals surface area contributed by atoms with E-state index in [-0.39, 0.29) is 5.56 Å². The molecule has 3 nitrogen and oxygen atoms in total. The van der Waals surface area contributed by atoms with Gasteiger partial charge >= 0.3 is 0 Å². The SMILES string of the molecule is Nc1ccn(I)c(=O)c1. The number of aromatic nitrogens is 1. The minimum absolute atomic E-state index is 0.0874. The summed E-state index contributed by atoms with van der Waals surface area (Å²) in [5, 5.41) is 0. The maximum atomic E-state index is 10.7. The average Bonchev–Trinajstić information content (AvgIpc) is 1.80. The summed E-state index contributed by atoms with van der Waals surface area (Å²) in [6.45, 7) is 0. The standard InChI is InChI=1S/C5H5IN2O/c6-8-2-1-4(7)3-5(8)9/h1-3H,7H2. The molecule has 4 heteroatoms. The monoisotopic (exact) mass is 236 g/mol. The summed E-state index contributed by atoms with van der Waals surface area (Å²) in [4.78, 5) is 10.7. The normalized spacial score (nSPS) is 9.44. The summed E-state index contributed by atoms with van der Waals surface area (Å²) in [5.41, 5.74) is 5.73. The van der Waals surface area contributed by atoms with Crippen molar-refractivity contribution in [1.29, 1.82) is 0 Å². The number of nitrogens with zero attached hydrogens (tertiary/aromatic N) is 1. The molecule has 0 aromatic carbocycles. The van der Waals surface area contributed by atoms with E-state index in [2.05, 4.69) is 0 Å². The molecule has 0 amide bonds. The van der Waals surface area contributed by atoms with E-state index in [1.807, 2.05) is 22.9 Å². The van der Waals surface area contributed by atoms with Crippen molar-refractivity contribution in [3.63, 3.8) is 0 Å². The van der Waals surface area contributed by atoms with Gasteiger partial charge in [-0.2, -0.15) is 0 Å². The zero-order valence-electron chi connectivity index (χ0n) is 4.54. The summed E-state index contributed by atoms with van der Waals surface area (Å²) in [6.07, 6.45) is 1.62. The summed E-state index contributed by atoms with van der Waals surface area (Å²) in [7, 11) is 0. The van der Waals surface area contributed by atoms with Crippen LogP contribution in [0.1, 0.15) is 0 Å². The largest absolute Gasteiger partial charge is 0.399 e. The van der Waals surface area contributed by atoms with Gasteiger partial charge in [0.1, 0.15) is 0 Å². The van der Waals surface area contributed by atoms with E-state index in [1.54, 1.807) is 12.3 Å². The van der Waals surface area contributed by atoms with E-state index >= 15 is 0 Å². The van der Waals surface area contributed by atoms with Crippen LogP contribution < -0.4 is 11.3 Å². The lowest BCUT2D eigenvalue weighted by Gasteiger charge is -1.91. The Morgan fingerprint density at radius 2 is 2.33 bits per heavy atom. The van der Waals surface area contributed by atoms with Crippen molar-refractivity contribution in [2.24, 2.45) is 0 Å². The first-order valence-electron chi connectivity index (χ1n) is 2.34. The third-order valence-corrected chi connectivity index (χ3v) is 1.70. The lowest BCUT2D eigenvalue weighted by Crippen LogP contribution is -2.10. The van der Waals surface area contributed by atoms with Crippen LogP contribution in [0.4, 0.5) is 5.69 Å². The first-order valence-corrected chi connectivity index (χ1v) is 3.31. The Morgan fingerprint density at radius 1 is 1.67 bits per heavy atom. The highest BCUT2D eigenvalue weighted by molar-refractivity contribution is 14.1. The number of nitrogens with two attached hydrogens (primary N) is 1. The number of pyridine rings is 1. The molecule has 0 saturated carbocycles. The first-order chi connectivity index (χ1) is 4.20. The molecule has 0 aliphatic rings. The third kappa shape index (κ3) is 1.44. The average molecular weight is 236 g/mol. The van der Waals surface area contributed by atoms with Crippen LogP contribution in [-0.2, 0) is 0 Å². The molecular formula is C5H5IN2O. The minimum Gasteiger partial charge on any atom is -0.399 e. The predicted molar refractivity (Wildman–Crippen MR) is 44.5 cm³/mol. The summed E-state index contributed by atoms with van der Waals surface area (Å²) >= 11 is 1.89. The van der Waals surface area contributed by atoms with Crippen molar-refractivity contribution in [2.75, 3.05) is 5.73 Å². The van der Waals surface area contributed by atoms with Gasteiger partial charge in [0.05, 0.1) is 22.9 Å². The van der Waals surface area contributed by atoms with Crippen LogP contribution in [0.25, 0.3) is 0 Å². The predicted octanol–water partition coefficient (Wildman–Crippen LogP) is 0.629. The molecule has 0 radical (unpaired) electrons. The van der Waals surface area contributed by atoms with Crippen molar-refractivity contribution in [2.45, 2.75) is 0 Å². The zero-order chi connectivity index (χ0) is 6.85. The molecule has 0 spiro atoms. The molecule has 0 aliphatic heterocycles. The van der Waals surface area contributed by atoms with Gasteiger partial charge in [0, 0.05) is 18.0 Å². The van der Waals surface area contributed by atoms with Gasteiger partial charge in [0.25, 0.3) is 5.56 Å². The van der Waals surface area contributed by atoms with E-state index in [1.165, 1.54) is 8.85 Å². The molecule has 1 rings (SSSR count). The smallest absolute Gasteiger partial charge is 0.261 e. The minimum atomic E-state index is -0.0874. The second-order valence-electron chi connectivity index (χ2n) is 1.61. The van der Waals surface area contributed by atoms with Crippen LogP contribution >= 0.6 is 22.9 Å². The fraction of sp³-hybridized carbons (Fsp3) is 0. The molecule has 2 N–H and O–H groups in total. The Morgan fingerprint density at radius 3 is 2.78 bits per heavy atom. The molecule has 0 aliphatic carbocycles. The molecule has 1 aromatic rings. The van der Waals surface area contributed by atoms with E-state index < -0.39 is 0 Å². The lowest BCUT2D eigenvalue weighted by molar-refractivity contribution is 1.20. The van der Waals surface area contributed by atoms with E-state index in [0.29, 0.717) is 5.69 Å². The van der Waals surface area contributed by atoms with Crippen molar-refractivity contribution < 1.29 is 0 Å². The number of anilines is 1. The topological polar surface area (TPSA) is 48.0 Å². The molecule has 48 valence electrons. The van der Waals surface area contributed by atoms with Crippen LogP contribution in [0.3, 0.4) is 0 Å². The van der Waals surface area contributed by atoms with E-state index in [4.69, 9.17) is 5.73 Å². The van der Waals surface area contributed by atoms with Crippen LogP contribution in [0, 0.1) is 0 Å². The molecule has 9 heavy (non-hydrogen) atoms. The van der Waals surface area contributed by atoms with Crippen molar-refractivity contribution in [3.05, 3.63) is 28.7 Å². The maximum absolute atomic E-state index is 10.7. The lowest BCUT2D eigenvalue weighted by atomic mass is 10.4. The molecule has 0 unspecified atom stereocenters. The van der Waals surface area contributed by atoms with Crippen LogP contribution in [0.5, 0.6) is 0 Å². The van der Waals surface area contributed by atoms with Gasteiger partial charge in [-0.05, 0) is 6.07 Å². The van der Waals surface area contributed by atoms with Gasteiger partial charge in [-0.25, -0.2) is 0 Å². The molecule has 0 fully saturated rings. The fourth-order valence-corrected chi connectivity index (χ4v) is 0.777. The maximum Gasteiger partial charge on any atom is 0.261 e. The zero-order valence-corrected chi connectivity index (χ0v) is 6.70. The van der Waals surface area contributed by atoms with Crippen molar-refractivity contribution in [1.82, 2.24) is 2.78 Å². The van der Waals surface area contributed by atoms with Crippen LogP contribution in [-0.4, -0.2) is 2.78 Å². The highest BCUT2D eigenvalue weighted by Crippen LogP contribution is 1.95. The Bertz CT molecular complexity index is 268. The summed E-state index contributed by atoms with van der Waals surface area (Å²) in [5.74, 6) is 0. The fourth-order valence-electron chi connectivity index (χ4n) is 0.477. The Labute approximate surface area is 66.0 Å². The highest BCUT2D eigenvalue weighted by atomic mass is 127. The first kappa shape index (κ1) is 6.60. The Hall–Kier alpha value is -0.520. The quantitative estimate of drug-likeness (QED) is 0.671. The van der Waals surface area contributed by atoms with Crippen LogP contribution in [0.2, 0.25) is 0 Å². The molecule has 0 bridgehead atoms. The van der Waals surface area contributed by atoms with E-state index in [9.17, 15) is 4.79 Å². The molecule has 1 aromatic heterocycles. The third-order valence-electron chi connectivity index (χ3n) is 0.899. The van der Waals surface area contributed by atoms with Gasteiger partial charge in [-0.1, -0.05) is 0 Å². The number of nitrogen functional groups attached to an aromatic ring is 1. The molecular weight excluding hydrogens is 231 g/mol. The van der Waals surface area contributed by atoms with Gasteiger partial charge in [0.2, 0.25) is 0 Å². The van der Waals surface area contributed by atoms with Crippen molar-refractivity contribution in [3.8, 4) is 0 Å². The second-order valence-corrected chi connectivity index (χ2v) is 2.65. The Balaban J connectivity index is 3.34. The van der Waals surface area contributed by atoms with Gasteiger partial charge in [0.15, 0.2) is 0 Å². The second kappa shape index (κ2) is 2.38. The number of hydrogen-bond acceptors (Lipinski definition) is 2. The van der Waals surface area contributed by atoms with Gasteiger partial charge in [-0.3, -0.25) is 7.58 Å². The van der Waals surface area contributed by atoms with E-state index in [0.717, 1.165) is 0 Å².